The lowest BCUT2D eigenvalue weighted by Gasteiger charge is -2.37. The average molecular weight is 499 g/mol. The number of rotatable bonds is 6. The number of pyridine rings is 1. The van der Waals surface area contributed by atoms with E-state index in [1.807, 2.05) is 11.4 Å². The first kappa shape index (κ1) is 23.7. The number of alkyl halides is 3. The monoisotopic (exact) mass is 498 g/mol. The number of nitrogens with one attached hydrogen (secondary N) is 1. The summed E-state index contributed by atoms with van der Waals surface area (Å²) in [5.41, 5.74) is -1.21. The van der Waals surface area contributed by atoms with E-state index in [0.29, 0.717) is 18.4 Å². The summed E-state index contributed by atoms with van der Waals surface area (Å²) < 4.78 is 39.2. The fraction of sp³-hybridized carbons (Fsp3) is 0.381. The Hall–Kier alpha value is -2.47. The van der Waals surface area contributed by atoms with Gasteiger partial charge in [-0.05, 0) is 30.6 Å². The summed E-state index contributed by atoms with van der Waals surface area (Å²) in [5.74, 6) is -0.0460. The summed E-state index contributed by atoms with van der Waals surface area (Å²) in [6, 6.07) is 6.13. The van der Waals surface area contributed by atoms with E-state index < -0.39 is 17.3 Å². The van der Waals surface area contributed by atoms with Gasteiger partial charge in [0.25, 0.3) is 5.56 Å². The normalized spacial score (nSPS) is 16.6. The minimum Gasteiger partial charge on any atom is -0.380 e. The van der Waals surface area contributed by atoms with Gasteiger partial charge in [-0.2, -0.15) is 23.0 Å². The number of piperazine rings is 1. The molecule has 7 nitrogen and oxygen atoms in total. The maximum atomic E-state index is 12.8. The Labute approximate surface area is 197 Å². The zero-order valence-corrected chi connectivity index (χ0v) is 19.3. The van der Waals surface area contributed by atoms with Crippen molar-refractivity contribution in [3.63, 3.8) is 0 Å². The van der Waals surface area contributed by atoms with Gasteiger partial charge in [0.1, 0.15) is 5.02 Å². The summed E-state index contributed by atoms with van der Waals surface area (Å²) in [6.07, 6.45) is -2.47. The third-order valence-electron chi connectivity index (χ3n) is 5.55. The molecule has 12 heteroatoms. The quantitative estimate of drug-likeness (QED) is 0.558. The second kappa shape index (κ2) is 9.80. The molecule has 0 unspecified atom stereocenters. The van der Waals surface area contributed by atoms with Crippen LogP contribution in [0.2, 0.25) is 5.02 Å². The predicted octanol–water partition coefficient (Wildman–Crippen LogP) is 3.76. The summed E-state index contributed by atoms with van der Waals surface area (Å²) >= 11 is 7.98. The van der Waals surface area contributed by atoms with E-state index in [1.54, 1.807) is 11.3 Å². The topological polar surface area (TPSA) is 66.3 Å². The molecule has 1 aliphatic heterocycles. The third kappa shape index (κ3) is 5.37. The van der Waals surface area contributed by atoms with Gasteiger partial charge in [0.05, 0.1) is 23.5 Å². The number of halogens is 4. The van der Waals surface area contributed by atoms with Gasteiger partial charge in [-0.25, -0.2) is 4.98 Å². The van der Waals surface area contributed by atoms with Crippen LogP contribution in [0.5, 0.6) is 0 Å². The SMILES string of the molecule is CN1CCN([C@@H](CNc2cnn(-c3ccc(C(F)(F)F)cn3)c(=O)c2Cl)c2cccs2)CC1. The van der Waals surface area contributed by atoms with Gasteiger partial charge >= 0.3 is 6.18 Å². The second-order valence-electron chi connectivity index (χ2n) is 7.74. The Balaban J connectivity index is 1.52. The molecule has 1 atom stereocenters. The molecule has 4 heterocycles. The van der Waals surface area contributed by atoms with Crippen LogP contribution in [0.1, 0.15) is 16.5 Å². The molecular formula is C21H22ClF3N6OS. The molecule has 176 valence electrons. The van der Waals surface area contributed by atoms with Crippen LogP contribution in [0.25, 0.3) is 5.82 Å². The van der Waals surface area contributed by atoms with E-state index in [1.165, 1.54) is 11.1 Å². The van der Waals surface area contributed by atoms with Gasteiger partial charge in [0.2, 0.25) is 0 Å². The Bertz CT molecular complexity index is 1130. The number of likely N-dealkylation sites (N-methyl/N-ethyl adjacent to an activating group) is 1. The number of nitrogens with zero attached hydrogens (tertiary/aromatic N) is 5. The molecule has 33 heavy (non-hydrogen) atoms. The van der Waals surface area contributed by atoms with Crippen molar-refractivity contribution in [3.8, 4) is 5.82 Å². The van der Waals surface area contributed by atoms with Crippen LogP contribution in [-0.2, 0) is 6.18 Å². The number of thiophene rings is 1. The van der Waals surface area contributed by atoms with Crippen molar-refractivity contribution in [2.45, 2.75) is 12.2 Å². The molecule has 0 aromatic carbocycles. The van der Waals surface area contributed by atoms with Gasteiger partial charge < -0.3 is 10.2 Å². The van der Waals surface area contributed by atoms with Gasteiger partial charge in [0.15, 0.2) is 5.82 Å². The fourth-order valence-electron chi connectivity index (χ4n) is 3.63. The third-order valence-corrected chi connectivity index (χ3v) is 6.89. The van der Waals surface area contributed by atoms with Crippen molar-refractivity contribution in [3.05, 3.63) is 67.9 Å². The Morgan fingerprint density at radius 3 is 2.55 bits per heavy atom. The van der Waals surface area contributed by atoms with Crippen LogP contribution < -0.4 is 10.9 Å². The molecule has 0 bridgehead atoms. The Morgan fingerprint density at radius 1 is 1.18 bits per heavy atom. The smallest absolute Gasteiger partial charge is 0.380 e. The maximum Gasteiger partial charge on any atom is 0.417 e. The van der Waals surface area contributed by atoms with Crippen LogP contribution in [-0.4, -0.2) is 64.3 Å². The highest BCUT2D eigenvalue weighted by atomic mass is 35.5. The standard InChI is InChI=1S/C21H22ClF3N6OS/c1-29-6-8-30(9-7-29)16(17-3-2-10-33-17)13-26-15-12-28-31(20(32)19(15)22)18-5-4-14(11-27-18)21(23,24)25/h2-5,10-12,16,26H,6-9,13H2,1H3/t16-/m0/s1. The van der Waals surface area contributed by atoms with E-state index in [4.69, 9.17) is 11.6 Å². The molecule has 1 fully saturated rings. The summed E-state index contributed by atoms with van der Waals surface area (Å²) in [4.78, 5) is 22.3. The molecule has 4 rings (SSSR count). The fourth-order valence-corrected chi connectivity index (χ4v) is 4.69. The van der Waals surface area contributed by atoms with E-state index in [-0.39, 0.29) is 16.9 Å². The molecule has 0 radical (unpaired) electrons. The maximum absolute atomic E-state index is 12.8. The second-order valence-corrected chi connectivity index (χ2v) is 9.10. The summed E-state index contributed by atoms with van der Waals surface area (Å²) in [7, 11) is 2.10. The van der Waals surface area contributed by atoms with Crippen LogP contribution in [0, 0.1) is 0 Å². The van der Waals surface area contributed by atoms with Gasteiger partial charge in [-0.3, -0.25) is 9.69 Å². The highest BCUT2D eigenvalue weighted by Crippen LogP contribution is 2.29. The van der Waals surface area contributed by atoms with Crippen molar-refractivity contribution >= 4 is 28.6 Å². The van der Waals surface area contributed by atoms with Gasteiger partial charge in [0, 0.05) is 43.8 Å². The van der Waals surface area contributed by atoms with Crippen LogP contribution in [0.4, 0.5) is 18.9 Å². The molecule has 1 aliphatic rings. The highest BCUT2D eigenvalue weighted by molar-refractivity contribution is 7.10. The van der Waals surface area contributed by atoms with E-state index in [2.05, 4.69) is 38.3 Å². The van der Waals surface area contributed by atoms with Gasteiger partial charge in [-0.15, -0.1) is 11.3 Å². The minimum absolute atomic E-state index is 0.0460. The molecule has 1 N–H and O–H groups in total. The Kier molecular flexibility index (Phi) is 7.03. The zero-order valence-electron chi connectivity index (χ0n) is 17.7. The van der Waals surface area contributed by atoms with Crippen LogP contribution in [0.15, 0.2) is 46.8 Å². The molecule has 0 amide bonds. The molecule has 3 aromatic heterocycles. The summed E-state index contributed by atoms with van der Waals surface area (Å²) in [5, 5.41) is 9.22. The first-order chi connectivity index (χ1) is 15.7. The summed E-state index contributed by atoms with van der Waals surface area (Å²) in [6.45, 7) is 4.32. The zero-order chi connectivity index (χ0) is 23.6. The molecule has 0 spiro atoms. The lowest BCUT2D eigenvalue weighted by atomic mass is 10.1. The van der Waals surface area contributed by atoms with Crippen molar-refractivity contribution in [1.82, 2.24) is 24.6 Å². The first-order valence-corrected chi connectivity index (χ1v) is 11.5. The first-order valence-electron chi connectivity index (χ1n) is 10.3. The molecule has 0 saturated carbocycles. The van der Waals surface area contributed by atoms with E-state index in [9.17, 15) is 18.0 Å². The van der Waals surface area contributed by atoms with Crippen molar-refractivity contribution in [1.29, 1.82) is 0 Å². The lowest BCUT2D eigenvalue weighted by molar-refractivity contribution is -0.137. The Morgan fingerprint density at radius 2 is 1.94 bits per heavy atom. The van der Waals surface area contributed by atoms with Crippen molar-refractivity contribution in [2.75, 3.05) is 45.1 Å². The number of aromatic nitrogens is 3. The number of anilines is 1. The average Bonchev–Trinajstić information content (AvgIpc) is 3.32. The van der Waals surface area contributed by atoms with E-state index in [0.717, 1.165) is 43.0 Å². The number of hydrogen-bond donors (Lipinski definition) is 1. The van der Waals surface area contributed by atoms with Gasteiger partial charge in [-0.1, -0.05) is 17.7 Å². The number of hydrogen-bond acceptors (Lipinski definition) is 7. The van der Waals surface area contributed by atoms with Crippen molar-refractivity contribution < 1.29 is 13.2 Å². The largest absolute Gasteiger partial charge is 0.417 e. The van der Waals surface area contributed by atoms with E-state index >= 15 is 0 Å². The molecular weight excluding hydrogens is 477 g/mol. The highest BCUT2D eigenvalue weighted by Gasteiger charge is 2.31. The minimum atomic E-state index is -4.52. The van der Waals surface area contributed by atoms with Crippen LogP contribution >= 0.6 is 22.9 Å². The molecule has 3 aromatic rings. The molecule has 0 aliphatic carbocycles. The van der Waals surface area contributed by atoms with Crippen LogP contribution in [0.3, 0.4) is 0 Å². The van der Waals surface area contributed by atoms with Crippen molar-refractivity contribution in [2.24, 2.45) is 0 Å². The predicted molar refractivity (Wildman–Crippen MR) is 122 cm³/mol. The molecule has 1 saturated heterocycles. The lowest BCUT2D eigenvalue weighted by Crippen LogP contribution is -2.47.